The number of rotatable bonds is 3. The van der Waals surface area contributed by atoms with Crippen LogP contribution in [0.5, 0.6) is 0 Å². The molecule has 0 bridgehead atoms. The quantitative estimate of drug-likeness (QED) is 0.620. The lowest BCUT2D eigenvalue weighted by Crippen LogP contribution is -2.72. The summed E-state index contributed by atoms with van der Waals surface area (Å²) >= 11 is 0. The molecule has 6 nitrogen and oxygen atoms in total. The SMILES string of the molecule is CN=C(NC1CCN(c2ccc(C)cn2)CC1)NC1C2CCOC2C12CCC2. The number of nitrogens with one attached hydrogen (secondary N) is 2. The molecule has 5 rings (SSSR count). The van der Waals surface area contributed by atoms with Crippen molar-refractivity contribution in [2.24, 2.45) is 16.3 Å². The number of aliphatic imine (C=N–C) groups is 1. The zero-order valence-electron chi connectivity index (χ0n) is 17.2. The molecule has 2 N–H and O–H groups in total. The van der Waals surface area contributed by atoms with Crippen LogP contribution in [0.3, 0.4) is 0 Å². The molecule has 2 saturated carbocycles. The van der Waals surface area contributed by atoms with E-state index in [2.05, 4.69) is 44.6 Å². The standard InChI is InChI=1S/C22H33N5O/c1-15-4-5-18(24-14-15)27-11-6-16(7-12-27)25-21(23-2)26-19-17-8-13-28-20(17)22(19)9-3-10-22/h4-5,14,16-17,19-20H,3,6-13H2,1-2H3,(H2,23,25,26). The molecule has 1 spiro atoms. The molecule has 4 aliphatic rings. The Morgan fingerprint density at radius 1 is 1.21 bits per heavy atom. The minimum Gasteiger partial charge on any atom is -0.377 e. The van der Waals surface area contributed by atoms with Crippen molar-refractivity contribution in [1.29, 1.82) is 0 Å². The van der Waals surface area contributed by atoms with Gasteiger partial charge in [0.05, 0.1) is 6.10 Å². The van der Waals surface area contributed by atoms with Crippen LogP contribution in [0.15, 0.2) is 23.3 Å². The van der Waals surface area contributed by atoms with Crippen LogP contribution in [0.1, 0.15) is 44.1 Å². The highest BCUT2D eigenvalue weighted by atomic mass is 16.5. The Kier molecular flexibility index (Phi) is 4.69. The van der Waals surface area contributed by atoms with Crippen molar-refractivity contribution in [3.05, 3.63) is 23.9 Å². The van der Waals surface area contributed by atoms with Gasteiger partial charge >= 0.3 is 0 Å². The van der Waals surface area contributed by atoms with Crippen molar-refractivity contribution in [1.82, 2.24) is 15.6 Å². The highest BCUT2D eigenvalue weighted by molar-refractivity contribution is 5.80. The van der Waals surface area contributed by atoms with Gasteiger partial charge < -0.3 is 20.3 Å². The predicted molar refractivity (Wildman–Crippen MR) is 112 cm³/mol. The zero-order valence-corrected chi connectivity index (χ0v) is 17.2. The Labute approximate surface area is 168 Å². The van der Waals surface area contributed by atoms with Crippen molar-refractivity contribution in [2.75, 3.05) is 31.6 Å². The van der Waals surface area contributed by atoms with Gasteiger partial charge in [0.15, 0.2) is 5.96 Å². The molecular formula is C22H33N5O. The van der Waals surface area contributed by atoms with Crippen molar-refractivity contribution in [2.45, 2.75) is 63.6 Å². The maximum atomic E-state index is 6.05. The summed E-state index contributed by atoms with van der Waals surface area (Å²) in [4.78, 5) is 11.5. The number of guanidine groups is 1. The lowest BCUT2D eigenvalue weighted by molar-refractivity contribution is -0.171. The summed E-state index contributed by atoms with van der Waals surface area (Å²) in [5.74, 6) is 2.75. The highest BCUT2D eigenvalue weighted by Crippen LogP contribution is 2.62. The number of nitrogens with zero attached hydrogens (tertiary/aromatic N) is 3. The molecule has 0 amide bonds. The smallest absolute Gasteiger partial charge is 0.191 e. The molecule has 3 atom stereocenters. The first-order valence-corrected chi connectivity index (χ1v) is 11.0. The van der Waals surface area contributed by atoms with Gasteiger partial charge in [0.1, 0.15) is 5.82 Å². The van der Waals surface area contributed by atoms with Crippen LogP contribution in [-0.2, 0) is 4.74 Å². The lowest BCUT2D eigenvalue weighted by atomic mass is 9.46. The van der Waals surface area contributed by atoms with Gasteiger partial charge in [-0.15, -0.1) is 0 Å². The van der Waals surface area contributed by atoms with Gasteiger partial charge in [-0.2, -0.15) is 0 Å². The second-order valence-electron chi connectivity index (χ2n) is 9.12. The maximum Gasteiger partial charge on any atom is 0.191 e. The molecule has 3 unspecified atom stereocenters. The predicted octanol–water partition coefficient (Wildman–Crippen LogP) is 2.48. The molecule has 0 aromatic carbocycles. The van der Waals surface area contributed by atoms with E-state index >= 15 is 0 Å². The van der Waals surface area contributed by atoms with Crippen LogP contribution in [0.2, 0.25) is 0 Å². The first-order valence-electron chi connectivity index (χ1n) is 11.0. The van der Waals surface area contributed by atoms with E-state index in [1.165, 1.54) is 31.2 Å². The molecule has 1 aromatic heterocycles. The van der Waals surface area contributed by atoms with E-state index < -0.39 is 0 Å². The third kappa shape index (κ3) is 2.97. The summed E-state index contributed by atoms with van der Waals surface area (Å²) in [6.45, 7) is 5.10. The van der Waals surface area contributed by atoms with E-state index in [1.807, 2.05) is 13.2 Å². The van der Waals surface area contributed by atoms with Gasteiger partial charge in [0.2, 0.25) is 0 Å². The number of aryl methyl sites for hydroxylation is 1. The Morgan fingerprint density at radius 2 is 2.04 bits per heavy atom. The van der Waals surface area contributed by atoms with Crippen molar-refractivity contribution in [3.63, 3.8) is 0 Å². The van der Waals surface area contributed by atoms with Crippen molar-refractivity contribution < 1.29 is 4.74 Å². The second-order valence-corrected chi connectivity index (χ2v) is 9.12. The van der Waals surface area contributed by atoms with Crippen LogP contribution in [-0.4, -0.2) is 55.9 Å². The largest absolute Gasteiger partial charge is 0.377 e. The average Bonchev–Trinajstić information content (AvgIpc) is 3.10. The summed E-state index contributed by atoms with van der Waals surface area (Å²) in [6.07, 6.45) is 9.85. The molecule has 28 heavy (non-hydrogen) atoms. The fraction of sp³-hybridized carbons (Fsp3) is 0.727. The van der Waals surface area contributed by atoms with Crippen LogP contribution >= 0.6 is 0 Å². The Hall–Kier alpha value is -1.82. The van der Waals surface area contributed by atoms with Gasteiger partial charge in [0, 0.05) is 56.4 Å². The fourth-order valence-corrected chi connectivity index (χ4v) is 5.87. The van der Waals surface area contributed by atoms with Crippen molar-refractivity contribution in [3.8, 4) is 0 Å². The minimum absolute atomic E-state index is 0.388. The van der Waals surface area contributed by atoms with Gasteiger partial charge in [-0.05, 0) is 50.7 Å². The first-order chi connectivity index (χ1) is 13.7. The zero-order chi connectivity index (χ0) is 19.1. The number of ether oxygens (including phenoxy) is 1. The molecule has 6 heteroatoms. The number of hydrogen-bond acceptors (Lipinski definition) is 4. The highest BCUT2D eigenvalue weighted by Gasteiger charge is 2.66. The fourth-order valence-electron chi connectivity index (χ4n) is 5.87. The molecule has 2 aliphatic heterocycles. The van der Waals surface area contributed by atoms with Crippen LogP contribution < -0.4 is 15.5 Å². The molecule has 2 saturated heterocycles. The van der Waals surface area contributed by atoms with E-state index in [-0.39, 0.29) is 0 Å². The van der Waals surface area contributed by atoms with Gasteiger partial charge in [0.25, 0.3) is 0 Å². The number of aromatic nitrogens is 1. The summed E-state index contributed by atoms with van der Waals surface area (Å²) in [5.41, 5.74) is 1.60. The second kappa shape index (κ2) is 7.21. The first kappa shape index (κ1) is 18.2. The van der Waals surface area contributed by atoms with E-state index in [0.717, 1.165) is 44.3 Å². The number of piperidine rings is 1. The Balaban J connectivity index is 1.16. The number of pyridine rings is 1. The Bertz CT molecular complexity index is 721. The monoisotopic (exact) mass is 383 g/mol. The molecule has 4 fully saturated rings. The Morgan fingerprint density at radius 3 is 2.68 bits per heavy atom. The van der Waals surface area contributed by atoms with E-state index in [0.29, 0.717) is 29.5 Å². The number of hydrogen-bond donors (Lipinski definition) is 2. The van der Waals surface area contributed by atoms with Crippen LogP contribution in [0.25, 0.3) is 0 Å². The molecule has 1 aromatic rings. The lowest BCUT2D eigenvalue weighted by Gasteiger charge is -2.63. The van der Waals surface area contributed by atoms with E-state index in [4.69, 9.17) is 4.74 Å². The third-order valence-electron chi connectivity index (χ3n) is 7.61. The van der Waals surface area contributed by atoms with E-state index in [9.17, 15) is 0 Å². The van der Waals surface area contributed by atoms with Gasteiger partial charge in [-0.1, -0.05) is 12.5 Å². The molecule has 2 aliphatic carbocycles. The maximum absolute atomic E-state index is 6.05. The topological polar surface area (TPSA) is 61.8 Å². The van der Waals surface area contributed by atoms with Gasteiger partial charge in [-0.25, -0.2) is 4.98 Å². The summed E-state index contributed by atoms with van der Waals surface area (Å²) in [5, 5.41) is 7.50. The van der Waals surface area contributed by atoms with Gasteiger partial charge in [-0.3, -0.25) is 4.99 Å². The van der Waals surface area contributed by atoms with Crippen LogP contribution in [0.4, 0.5) is 5.82 Å². The summed E-state index contributed by atoms with van der Waals surface area (Å²) in [6, 6.07) is 5.30. The minimum atomic E-state index is 0.388. The van der Waals surface area contributed by atoms with Crippen molar-refractivity contribution >= 4 is 11.8 Å². The van der Waals surface area contributed by atoms with Crippen LogP contribution in [0, 0.1) is 18.3 Å². The molecule has 152 valence electrons. The average molecular weight is 384 g/mol. The van der Waals surface area contributed by atoms with E-state index in [1.54, 1.807) is 0 Å². The molecule has 3 heterocycles. The normalized spacial score (nSPS) is 31.9. The number of anilines is 1. The number of fused-ring (bicyclic) bond motifs is 2. The molecule has 0 radical (unpaired) electrons. The summed E-state index contributed by atoms with van der Waals surface area (Å²) in [7, 11) is 1.90. The third-order valence-corrected chi connectivity index (χ3v) is 7.61. The molecular weight excluding hydrogens is 350 g/mol. The summed E-state index contributed by atoms with van der Waals surface area (Å²) < 4.78 is 6.05.